The Morgan fingerprint density at radius 3 is 2.83 bits per heavy atom. The molecule has 1 aliphatic heterocycles. The zero-order chi connectivity index (χ0) is 12.5. The Labute approximate surface area is 110 Å². The van der Waals surface area contributed by atoms with Gasteiger partial charge in [0.05, 0.1) is 5.69 Å². The van der Waals surface area contributed by atoms with Crippen LogP contribution in [0.5, 0.6) is 0 Å². The lowest BCUT2D eigenvalue weighted by Crippen LogP contribution is -2.04. The fourth-order valence-electron chi connectivity index (χ4n) is 1.97. The Bertz CT molecular complexity index is 580. The molecular weight excluding hydrogens is 244 g/mol. The Hall–Kier alpha value is -1.62. The number of nitrogens with zero attached hydrogens (tertiary/aromatic N) is 3. The van der Waals surface area contributed by atoms with Gasteiger partial charge in [0.25, 0.3) is 0 Å². The highest BCUT2D eigenvalue weighted by Crippen LogP contribution is 2.33. The van der Waals surface area contributed by atoms with Gasteiger partial charge in [0.2, 0.25) is 0 Å². The van der Waals surface area contributed by atoms with Crippen LogP contribution in [0.15, 0.2) is 18.3 Å². The fraction of sp³-hybridized carbons (Fsp3) is 0.308. The molecule has 0 unspecified atom stereocenters. The SMILES string of the molecule is CNc1nc(-c2ccc(C)cn2)nc2c1CSC2. The molecule has 0 spiro atoms. The quantitative estimate of drug-likeness (QED) is 0.897. The number of pyridine rings is 1. The van der Waals surface area contributed by atoms with Crippen molar-refractivity contribution in [2.75, 3.05) is 12.4 Å². The van der Waals surface area contributed by atoms with Crippen molar-refractivity contribution in [1.82, 2.24) is 15.0 Å². The molecule has 92 valence electrons. The van der Waals surface area contributed by atoms with Gasteiger partial charge in [0.1, 0.15) is 11.5 Å². The maximum atomic E-state index is 4.63. The number of aryl methyl sites for hydroxylation is 1. The van der Waals surface area contributed by atoms with E-state index in [0.717, 1.165) is 34.3 Å². The number of nitrogens with one attached hydrogen (secondary N) is 1. The van der Waals surface area contributed by atoms with Crippen LogP contribution < -0.4 is 5.32 Å². The molecule has 0 aliphatic carbocycles. The van der Waals surface area contributed by atoms with Crippen molar-refractivity contribution in [1.29, 1.82) is 0 Å². The number of aromatic nitrogens is 3. The van der Waals surface area contributed by atoms with Crippen LogP contribution in [-0.2, 0) is 11.5 Å². The van der Waals surface area contributed by atoms with Gasteiger partial charge in [-0.2, -0.15) is 11.8 Å². The summed E-state index contributed by atoms with van der Waals surface area (Å²) in [5.41, 5.74) is 4.34. The van der Waals surface area contributed by atoms with E-state index in [-0.39, 0.29) is 0 Å². The van der Waals surface area contributed by atoms with Gasteiger partial charge in [0.15, 0.2) is 5.82 Å². The third-order valence-corrected chi connectivity index (χ3v) is 3.93. The van der Waals surface area contributed by atoms with Crippen LogP contribution in [0.3, 0.4) is 0 Å². The van der Waals surface area contributed by atoms with Crippen LogP contribution in [0, 0.1) is 6.92 Å². The molecule has 18 heavy (non-hydrogen) atoms. The summed E-state index contributed by atoms with van der Waals surface area (Å²) in [6, 6.07) is 4.01. The second-order valence-corrected chi connectivity index (χ2v) is 5.27. The molecule has 0 aromatic carbocycles. The number of hydrogen-bond acceptors (Lipinski definition) is 5. The summed E-state index contributed by atoms with van der Waals surface area (Å²) in [6.07, 6.45) is 1.85. The summed E-state index contributed by atoms with van der Waals surface area (Å²) < 4.78 is 0. The lowest BCUT2D eigenvalue weighted by Gasteiger charge is -2.08. The van der Waals surface area contributed by atoms with Crippen molar-refractivity contribution in [2.24, 2.45) is 0 Å². The summed E-state index contributed by atoms with van der Waals surface area (Å²) >= 11 is 1.88. The lowest BCUT2D eigenvalue weighted by molar-refractivity contribution is 1.05. The van der Waals surface area contributed by atoms with Gasteiger partial charge >= 0.3 is 0 Å². The number of anilines is 1. The maximum absolute atomic E-state index is 4.63. The highest BCUT2D eigenvalue weighted by Gasteiger charge is 2.19. The fourth-order valence-corrected chi connectivity index (χ4v) is 3.01. The molecule has 1 aliphatic rings. The van der Waals surface area contributed by atoms with Gasteiger partial charge < -0.3 is 5.32 Å². The third-order valence-electron chi connectivity index (χ3n) is 2.96. The Morgan fingerprint density at radius 2 is 2.11 bits per heavy atom. The first-order valence-electron chi connectivity index (χ1n) is 5.86. The molecule has 0 atom stereocenters. The van der Waals surface area contributed by atoms with Crippen molar-refractivity contribution >= 4 is 17.6 Å². The topological polar surface area (TPSA) is 50.7 Å². The second kappa shape index (κ2) is 4.57. The van der Waals surface area contributed by atoms with Crippen molar-refractivity contribution in [3.05, 3.63) is 35.2 Å². The minimum Gasteiger partial charge on any atom is -0.373 e. The third kappa shape index (κ3) is 1.95. The Morgan fingerprint density at radius 1 is 1.22 bits per heavy atom. The maximum Gasteiger partial charge on any atom is 0.180 e. The van der Waals surface area contributed by atoms with Crippen LogP contribution in [0.1, 0.15) is 16.8 Å². The van der Waals surface area contributed by atoms with Crippen LogP contribution in [0.25, 0.3) is 11.5 Å². The summed E-state index contributed by atoms with van der Waals surface area (Å²) in [7, 11) is 1.90. The molecule has 0 bridgehead atoms. The molecule has 0 radical (unpaired) electrons. The molecule has 0 saturated carbocycles. The van der Waals surface area contributed by atoms with Crippen LogP contribution >= 0.6 is 11.8 Å². The monoisotopic (exact) mass is 258 g/mol. The first-order valence-corrected chi connectivity index (χ1v) is 7.01. The van der Waals surface area contributed by atoms with E-state index in [4.69, 9.17) is 0 Å². The van der Waals surface area contributed by atoms with Crippen molar-refractivity contribution in [3.8, 4) is 11.5 Å². The molecular formula is C13H14N4S. The van der Waals surface area contributed by atoms with E-state index >= 15 is 0 Å². The van der Waals surface area contributed by atoms with Crippen molar-refractivity contribution < 1.29 is 0 Å². The molecule has 2 aromatic heterocycles. The minimum atomic E-state index is 0.709. The Kier molecular flexibility index (Phi) is 2.91. The van der Waals surface area contributed by atoms with E-state index in [9.17, 15) is 0 Å². The molecule has 5 heteroatoms. The summed E-state index contributed by atoms with van der Waals surface area (Å²) in [6.45, 7) is 2.02. The van der Waals surface area contributed by atoms with Crippen LogP contribution in [0.2, 0.25) is 0 Å². The van der Waals surface area contributed by atoms with Gasteiger partial charge in [-0.3, -0.25) is 4.98 Å². The van der Waals surface area contributed by atoms with Gasteiger partial charge in [-0.15, -0.1) is 0 Å². The molecule has 3 heterocycles. The Balaban J connectivity index is 2.10. The number of hydrogen-bond donors (Lipinski definition) is 1. The standard InChI is InChI=1S/C13H14N4S/c1-8-3-4-10(15-5-8)13-16-11-7-18-6-9(11)12(14-2)17-13/h3-5H,6-7H2,1-2H3,(H,14,16,17). The van der Waals surface area contributed by atoms with Gasteiger partial charge in [-0.05, 0) is 18.6 Å². The zero-order valence-corrected chi connectivity index (χ0v) is 11.2. The van der Waals surface area contributed by atoms with Crippen molar-refractivity contribution in [2.45, 2.75) is 18.4 Å². The predicted molar refractivity (Wildman–Crippen MR) is 74.5 cm³/mol. The molecule has 0 amide bonds. The summed E-state index contributed by atoms with van der Waals surface area (Å²) in [4.78, 5) is 13.6. The largest absolute Gasteiger partial charge is 0.373 e. The van der Waals surface area contributed by atoms with E-state index in [1.165, 1.54) is 5.56 Å². The van der Waals surface area contributed by atoms with E-state index in [1.807, 2.05) is 44.1 Å². The van der Waals surface area contributed by atoms with Gasteiger partial charge in [-0.25, -0.2) is 9.97 Å². The molecule has 0 fully saturated rings. The predicted octanol–water partition coefficient (Wildman–Crippen LogP) is 2.64. The zero-order valence-electron chi connectivity index (χ0n) is 10.4. The molecule has 3 rings (SSSR count). The highest BCUT2D eigenvalue weighted by atomic mass is 32.2. The van der Waals surface area contributed by atoms with E-state index < -0.39 is 0 Å². The highest BCUT2D eigenvalue weighted by molar-refractivity contribution is 7.98. The average molecular weight is 258 g/mol. The normalized spacial score (nSPS) is 13.4. The number of rotatable bonds is 2. The number of thioether (sulfide) groups is 1. The first-order chi connectivity index (χ1) is 8.78. The first kappa shape index (κ1) is 11.5. The van der Waals surface area contributed by atoms with Gasteiger partial charge in [0, 0.05) is 30.3 Å². The van der Waals surface area contributed by atoms with Crippen LogP contribution in [0.4, 0.5) is 5.82 Å². The van der Waals surface area contributed by atoms with E-state index in [0.29, 0.717) is 5.82 Å². The van der Waals surface area contributed by atoms with E-state index in [2.05, 4.69) is 20.3 Å². The van der Waals surface area contributed by atoms with Gasteiger partial charge in [-0.1, -0.05) is 6.07 Å². The summed E-state index contributed by atoms with van der Waals surface area (Å²) in [5, 5.41) is 3.16. The van der Waals surface area contributed by atoms with Crippen molar-refractivity contribution in [3.63, 3.8) is 0 Å². The molecule has 4 nitrogen and oxygen atoms in total. The molecule has 2 aromatic rings. The smallest absolute Gasteiger partial charge is 0.180 e. The minimum absolute atomic E-state index is 0.709. The van der Waals surface area contributed by atoms with Crippen LogP contribution in [-0.4, -0.2) is 22.0 Å². The van der Waals surface area contributed by atoms with E-state index in [1.54, 1.807) is 0 Å². The number of fused-ring (bicyclic) bond motifs is 1. The molecule has 1 N–H and O–H groups in total. The average Bonchev–Trinajstić information content (AvgIpc) is 2.86. The second-order valence-electron chi connectivity index (χ2n) is 4.28. The lowest BCUT2D eigenvalue weighted by atomic mass is 10.2. The molecule has 0 saturated heterocycles. The summed E-state index contributed by atoms with van der Waals surface area (Å²) in [5.74, 6) is 3.60.